The molecule has 0 N–H and O–H groups in total. The van der Waals surface area contributed by atoms with Gasteiger partial charge < -0.3 is 0 Å². The highest BCUT2D eigenvalue weighted by atomic mass is 14.5. The maximum atomic E-state index is 4.15. The second-order valence-electron chi connectivity index (χ2n) is 6.00. The van der Waals surface area contributed by atoms with Crippen LogP contribution in [0.5, 0.6) is 0 Å². The summed E-state index contributed by atoms with van der Waals surface area (Å²) in [7, 11) is 0. The third kappa shape index (κ3) is 1.79. The smallest absolute Gasteiger partial charge is 0.0176 e. The van der Waals surface area contributed by atoms with Crippen LogP contribution in [-0.4, -0.2) is 0 Å². The largest absolute Gasteiger partial charge is 0.0999 e. The molecule has 0 heteroatoms. The minimum Gasteiger partial charge on any atom is -0.0999 e. The zero-order valence-electron chi connectivity index (χ0n) is 10.4. The van der Waals surface area contributed by atoms with E-state index in [2.05, 4.69) is 39.5 Å². The predicted octanol–water partition coefficient (Wildman–Crippen LogP) is 4.58. The fourth-order valence-corrected chi connectivity index (χ4v) is 3.51. The summed E-state index contributed by atoms with van der Waals surface area (Å²) >= 11 is 0. The lowest BCUT2D eigenvalue weighted by atomic mass is 9.55. The molecule has 0 saturated heterocycles. The monoisotopic (exact) mass is 204 g/mol. The third-order valence-corrected chi connectivity index (χ3v) is 5.04. The molecule has 4 atom stereocenters. The number of hydrogen-bond donors (Lipinski definition) is 0. The molecule has 0 nitrogen and oxygen atoms in total. The standard InChI is InChI=1S/C15H24/c1-11(2)13-8-9-14-7-5-6-12(3)15(14,4)10-13/h5,7,12-14H,1,6,8-10H2,2-4H3/t12-,13-,14?,15+/m1/s1. The summed E-state index contributed by atoms with van der Waals surface area (Å²) in [5.41, 5.74) is 1.94. The zero-order valence-corrected chi connectivity index (χ0v) is 10.4. The van der Waals surface area contributed by atoms with Crippen LogP contribution in [0.3, 0.4) is 0 Å². The van der Waals surface area contributed by atoms with Crippen LogP contribution in [0.25, 0.3) is 0 Å². The molecule has 0 aromatic heterocycles. The Morgan fingerprint density at radius 2 is 2.13 bits per heavy atom. The molecule has 2 rings (SSSR count). The van der Waals surface area contributed by atoms with Crippen molar-refractivity contribution in [2.45, 2.75) is 46.5 Å². The maximum absolute atomic E-state index is 4.15. The zero-order chi connectivity index (χ0) is 11.1. The molecule has 0 heterocycles. The lowest BCUT2D eigenvalue weighted by Crippen LogP contribution is -2.40. The van der Waals surface area contributed by atoms with E-state index in [0.29, 0.717) is 5.41 Å². The molecule has 84 valence electrons. The average molecular weight is 204 g/mol. The van der Waals surface area contributed by atoms with E-state index in [-0.39, 0.29) is 0 Å². The van der Waals surface area contributed by atoms with Gasteiger partial charge in [-0.2, -0.15) is 0 Å². The molecule has 0 radical (unpaired) electrons. The quantitative estimate of drug-likeness (QED) is 0.548. The van der Waals surface area contributed by atoms with Crippen molar-refractivity contribution in [1.29, 1.82) is 0 Å². The highest BCUT2D eigenvalue weighted by Crippen LogP contribution is 2.53. The van der Waals surface area contributed by atoms with Crippen LogP contribution in [-0.2, 0) is 0 Å². The molecule has 0 amide bonds. The van der Waals surface area contributed by atoms with Crippen LogP contribution in [0.4, 0.5) is 0 Å². The summed E-state index contributed by atoms with van der Waals surface area (Å²) in [5.74, 6) is 2.45. The fourth-order valence-electron chi connectivity index (χ4n) is 3.51. The van der Waals surface area contributed by atoms with E-state index in [1.165, 1.54) is 31.3 Å². The van der Waals surface area contributed by atoms with Gasteiger partial charge in [0.2, 0.25) is 0 Å². The van der Waals surface area contributed by atoms with E-state index in [1.807, 2.05) is 0 Å². The van der Waals surface area contributed by atoms with Crippen molar-refractivity contribution in [2.75, 3.05) is 0 Å². The molecular weight excluding hydrogens is 180 g/mol. The van der Waals surface area contributed by atoms with E-state index in [0.717, 1.165) is 17.8 Å². The molecule has 0 aromatic rings. The SMILES string of the molecule is C=C(C)[C@@H]1CCC2C=CC[C@@H](C)[C@]2(C)C1. The molecule has 0 aliphatic heterocycles. The molecule has 0 bridgehead atoms. The molecule has 2 aliphatic carbocycles. The van der Waals surface area contributed by atoms with Gasteiger partial charge in [0.1, 0.15) is 0 Å². The Morgan fingerprint density at radius 1 is 1.40 bits per heavy atom. The number of allylic oxidation sites excluding steroid dienone is 3. The van der Waals surface area contributed by atoms with Crippen LogP contribution in [0.2, 0.25) is 0 Å². The van der Waals surface area contributed by atoms with E-state index in [1.54, 1.807) is 0 Å². The average Bonchev–Trinajstić information content (AvgIpc) is 2.19. The Labute approximate surface area is 94.5 Å². The van der Waals surface area contributed by atoms with Gasteiger partial charge in [0.15, 0.2) is 0 Å². The van der Waals surface area contributed by atoms with Crippen LogP contribution in [0, 0.1) is 23.2 Å². The second kappa shape index (κ2) is 3.81. The predicted molar refractivity (Wildman–Crippen MR) is 66.7 cm³/mol. The van der Waals surface area contributed by atoms with Gasteiger partial charge in [-0.3, -0.25) is 0 Å². The normalized spacial score (nSPS) is 44.9. The van der Waals surface area contributed by atoms with E-state index in [9.17, 15) is 0 Å². The first kappa shape index (κ1) is 11.0. The summed E-state index contributed by atoms with van der Waals surface area (Å²) in [6.45, 7) is 11.3. The molecule has 2 aliphatic rings. The summed E-state index contributed by atoms with van der Waals surface area (Å²) in [4.78, 5) is 0. The number of fused-ring (bicyclic) bond motifs is 1. The van der Waals surface area contributed by atoms with Gasteiger partial charge in [-0.1, -0.05) is 38.2 Å². The van der Waals surface area contributed by atoms with Crippen LogP contribution >= 0.6 is 0 Å². The van der Waals surface area contributed by atoms with Gasteiger partial charge in [0.25, 0.3) is 0 Å². The molecule has 15 heavy (non-hydrogen) atoms. The molecule has 1 fully saturated rings. The van der Waals surface area contributed by atoms with Gasteiger partial charge in [-0.05, 0) is 55.8 Å². The van der Waals surface area contributed by atoms with E-state index in [4.69, 9.17) is 0 Å². The van der Waals surface area contributed by atoms with Crippen molar-refractivity contribution >= 4 is 0 Å². The van der Waals surface area contributed by atoms with Crippen molar-refractivity contribution in [3.63, 3.8) is 0 Å². The van der Waals surface area contributed by atoms with Gasteiger partial charge in [0, 0.05) is 0 Å². The first-order chi connectivity index (χ1) is 7.04. The third-order valence-electron chi connectivity index (χ3n) is 5.04. The lowest BCUT2D eigenvalue weighted by molar-refractivity contribution is 0.0504. The number of hydrogen-bond acceptors (Lipinski definition) is 0. The molecule has 0 aromatic carbocycles. The topological polar surface area (TPSA) is 0 Å². The Bertz CT molecular complexity index is 286. The van der Waals surface area contributed by atoms with Gasteiger partial charge in [0.05, 0.1) is 0 Å². The Morgan fingerprint density at radius 3 is 2.80 bits per heavy atom. The van der Waals surface area contributed by atoms with Gasteiger partial charge in [-0.25, -0.2) is 0 Å². The summed E-state index contributed by atoms with van der Waals surface area (Å²) in [6, 6.07) is 0. The molecule has 0 spiro atoms. The molecule has 1 unspecified atom stereocenters. The van der Waals surface area contributed by atoms with Crippen molar-refractivity contribution in [1.82, 2.24) is 0 Å². The lowest BCUT2D eigenvalue weighted by Gasteiger charge is -2.49. The van der Waals surface area contributed by atoms with Crippen molar-refractivity contribution in [3.8, 4) is 0 Å². The number of rotatable bonds is 1. The Hall–Kier alpha value is -0.520. The minimum absolute atomic E-state index is 0.538. The first-order valence-electron chi connectivity index (χ1n) is 6.36. The molecular formula is C15H24. The van der Waals surface area contributed by atoms with Crippen molar-refractivity contribution < 1.29 is 0 Å². The second-order valence-corrected chi connectivity index (χ2v) is 6.00. The van der Waals surface area contributed by atoms with Gasteiger partial charge >= 0.3 is 0 Å². The fraction of sp³-hybridized carbons (Fsp3) is 0.733. The highest BCUT2D eigenvalue weighted by molar-refractivity contribution is 5.11. The van der Waals surface area contributed by atoms with Crippen LogP contribution < -0.4 is 0 Å². The van der Waals surface area contributed by atoms with E-state index >= 15 is 0 Å². The maximum Gasteiger partial charge on any atom is -0.0176 e. The summed E-state index contributed by atoms with van der Waals surface area (Å²) in [5, 5.41) is 0. The molecule has 1 saturated carbocycles. The van der Waals surface area contributed by atoms with Crippen molar-refractivity contribution in [2.24, 2.45) is 23.2 Å². The summed E-state index contributed by atoms with van der Waals surface area (Å²) in [6.07, 6.45) is 10.2. The van der Waals surface area contributed by atoms with Crippen LogP contribution in [0.15, 0.2) is 24.3 Å². The Kier molecular flexibility index (Phi) is 2.79. The summed E-state index contributed by atoms with van der Waals surface area (Å²) < 4.78 is 0. The highest BCUT2D eigenvalue weighted by Gasteiger charge is 2.43. The minimum atomic E-state index is 0.538. The first-order valence-corrected chi connectivity index (χ1v) is 6.36. The van der Waals surface area contributed by atoms with Gasteiger partial charge in [-0.15, -0.1) is 0 Å². The van der Waals surface area contributed by atoms with Crippen LogP contribution in [0.1, 0.15) is 46.5 Å². The van der Waals surface area contributed by atoms with E-state index < -0.39 is 0 Å². The Balaban J connectivity index is 2.20. The van der Waals surface area contributed by atoms with Crippen molar-refractivity contribution in [3.05, 3.63) is 24.3 Å².